The number of fused-ring (bicyclic) bond motifs is 1. The molecular formula is C21H23N3O3S. The predicted octanol–water partition coefficient (Wildman–Crippen LogP) is 4.79. The zero-order valence-electron chi connectivity index (χ0n) is 15.8. The van der Waals surface area contributed by atoms with Crippen molar-refractivity contribution in [2.24, 2.45) is 0 Å². The Hall–Kier alpha value is -2.67. The SMILES string of the molecule is Cc1nn(C2CCCCC2)c2sc(C(=O)Nc3ccc(CC(=O)O)cc3)cc12. The number of amides is 1. The van der Waals surface area contributed by atoms with Crippen LogP contribution in [0.2, 0.25) is 0 Å². The number of hydrogen-bond donors (Lipinski definition) is 2. The normalized spacial score (nSPS) is 15.0. The molecular weight excluding hydrogens is 374 g/mol. The molecule has 0 bridgehead atoms. The van der Waals surface area contributed by atoms with Gasteiger partial charge in [-0.15, -0.1) is 11.3 Å². The summed E-state index contributed by atoms with van der Waals surface area (Å²) >= 11 is 1.49. The maximum atomic E-state index is 12.7. The average molecular weight is 398 g/mol. The number of aryl methyl sites for hydroxylation is 1. The number of carboxylic acid groups (broad SMARTS) is 1. The molecule has 2 aromatic heterocycles. The van der Waals surface area contributed by atoms with Gasteiger partial charge in [0, 0.05) is 11.1 Å². The molecule has 1 fully saturated rings. The van der Waals surface area contributed by atoms with Crippen LogP contribution in [0.5, 0.6) is 0 Å². The Morgan fingerprint density at radius 2 is 1.93 bits per heavy atom. The van der Waals surface area contributed by atoms with Gasteiger partial charge in [0.2, 0.25) is 0 Å². The average Bonchev–Trinajstić information content (AvgIpc) is 3.24. The first-order valence-electron chi connectivity index (χ1n) is 9.62. The first-order valence-corrected chi connectivity index (χ1v) is 10.4. The Bertz CT molecular complexity index is 1010. The van der Waals surface area contributed by atoms with Crippen molar-refractivity contribution in [1.82, 2.24) is 9.78 Å². The van der Waals surface area contributed by atoms with Crippen LogP contribution in [0.15, 0.2) is 30.3 Å². The van der Waals surface area contributed by atoms with Gasteiger partial charge < -0.3 is 10.4 Å². The lowest BCUT2D eigenvalue weighted by atomic mass is 9.96. The number of aromatic nitrogens is 2. The molecule has 0 radical (unpaired) electrons. The van der Waals surface area contributed by atoms with Gasteiger partial charge in [-0.05, 0) is 43.5 Å². The number of thiophene rings is 1. The van der Waals surface area contributed by atoms with Gasteiger partial charge in [0.25, 0.3) is 5.91 Å². The Kier molecular flexibility index (Phi) is 5.17. The minimum atomic E-state index is -0.871. The fourth-order valence-electron chi connectivity index (χ4n) is 3.83. The van der Waals surface area contributed by atoms with Gasteiger partial charge in [0.1, 0.15) is 4.83 Å². The van der Waals surface area contributed by atoms with Gasteiger partial charge in [0.05, 0.1) is 23.0 Å². The highest BCUT2D eigenvalue weighted by Crippen LogP contribution is 2.35. The second-order valence-electron chi connectivity index (χ2n) is 7.37. The number of carboxylic acids is 1. The smallest absolute Gasteiger partial charge is 0.307 e. The van der Waals surface area contributed by atoms with Crippen LogP contribution in [0.25, 0.3) is 10.2 Å². The molecule has 0 atom stereocenters. The largest absolute Gasteiger partial charge is 0.481 e. The van der Waals surface area contributed by atoms with Crippen molar-refractivity contribution >= 4 is 39.1 Å². The zero-order valence-corrected chi connectivity index (χ0v) is 16.6. The highest BCUT2D eigenvalue weighted by Gasteiger charge is 2.22. The molecule has 2 heterocycles. The number of benzene rings is 1. The topological polar surface area (TPSA) is 84.2 Å². The van der Waals surface area contributed by atoms with Crippen LogP contribution in [0.3, 0.4) is 0 Å². The van der Waals surface area contributed by atoms with Crippen molar-refractivity contribution in [3.63, 3.8) is 0 Å². The van der Waals surface area contributed by atoms with Crippen molar-refractivity contribution in [2.75, 3.05) is 5.32 Å². The molecule has 0 spiro atoms. The van der Waals surface area contributed by atoms with Gasteiger partial charge in [-0.1, -0.05) is 31.4 Å². The summed E-state index contributed by atoms with van der Waals surface area (Å²) in [5.41, 5.74) is 2.33. The van der Waals surface area contributed by atoms with E-state index >= 15 is 0 Å². The molecule has 0 unspecified atom stereocenters. The summed E-state index contributed by atoms with van der Waals surface area (Å²) in [5.74, 6) is -1.02. The van der Waals surface area contributed by atoms with Gasteiger partial charge in [-0.3, -0.25) is 14.3 Å². The molecule has 6 nitrogen and oxygen atoms in total. The van der Waals surface area contributed by atoms with Gasteiger partial charge in [-0.2, -0.15) is 5.10 Å². The van der Waals surface area contributed by atoms with E-state index in [1.807, 2.05) is 13.0 Å². The van der Waals surface area contributed by atoms with Crippen molar-refractivity contribution in [1.29, 1.82) is 0 Å². The number of anilines is 1. The Morgan fingerprint density at radius 3 is 2.61 bits per heavy atom. The number of hydrogen-bond acceptors (Lipinski definition) is 4. The maximum absolute atomic E-state index is 12.7. The summed E-state index contributed by atoms with van der Waals surface area (Å²) < 4.78 is 2.13. The molecule has 1 aromatic carbocycles. The second kappa shape index (κ2) is 7.75. The Balaban J connectivity index is 1.53. The van der Waals surface area contributed by atoms with Crippen LogP contribution < -0.4 is 5.32 Å². The maximum Gasteiger partial charge on any atom is 0.307 e. The first kappa shape index (κ1) is 18.7. The molecule has 1 amide bonds. The number of carbonyl (C=O) groups is 2. The summed E-state index contributed by atoms with van der Waals surface area (Å²) in [6, 6.07) is 9.27. The lowest BCUT2D eigenvalue weighted by molar-refractivity contribution is -0.136. The summed E-state index contributed by atoms with van der Waals surface area (Å²) in [5, 5.41) is 17.5. The lowest BCUT2D eigenvalue weighted by Gasteiger charge is -2.22. The molecule has 3 aromatic rings. The standard InChI is InChI=1S/C21H23N3O3S/c1-13-17-12-18(28-21(17)24(23-13)16-5-3-2-4-6-16)20(27)22-15-9-7-14(8-10-15)11-19(25)26/h7-10,12,16H,2-6,11H2,1H3,(H,22,27)(H,25,26). The number of aliphatic carboxylic acids is 1. The van der Waals surface area contributed by atoms with Crippen LogP contribution >= 0.6 is 11.3 Å². The zero-order chi connectivity index (χ0) is 19.7. The molecule has 146 valence electrons. The number of rotatable bonds is 5. The van der Waals surface area contributed by atoms with E-state index in [0.29, 0.717) is 22.2 Å². The monoisotopic (exact) mass is 397 g/mol. The quantitative estimate of drug-likeness (QED) is 0.648. The van der Waals surface area contributed by atoms with E-state index < -0.39 is 5.97 Å². The third-order valence-electron chi connectivity index (χ3n) is 5.28. The van der Waals surface area contributed by atoms with Gasteiger partial charge in [-0.25, -0.2) is 0 Å². The summed E-state index contributed by atoms with van der Waals surface area (Å²) in [6.07, 6.45) is 6.05. The molecule has 4 rings (SSSR count). The van der Waals surface area contributed by atoms with E-state index in [4.69, 9.17) is 10.2 Å². The van der Waals surface area contributed by atoms with E-state index in [-0.39, 0.29) is 12.3 Å². The van der Waals surface area contributed by atoms with E-state index in [1.165, 1.54) is 30.6 Å². The summed E-state index contributed by atoms with van der Waals surface area (Å²) in [6.45, 7) is 2.00. The van der Waals surface area contributed by atoms with Gasteiger partial charge in [0.15, 0.2) is 0 Å². The lowest BCUT2D eigenvalue weighted by Crippen LogP contribution is -2.14. The summed E-state index contributed by atoms with van der Waals surface area (Å²) in [4.78, 5) is 25.2. The van der Waals surface area contributed by atoms with Crippen LogP contribution in [-0.4, -0.2) is 26.8 Å². The third-order valence-corrected chi connectivity index (χ3v) is 6.40. The predicted molar refractivity (Wildman–Crippen MR) is 110 cm³/mol. The van der Waals surface area contributed by atoms with E-state index in [0.717, 1.165) is 28.8 Å². The fourth-order valence-corrected chi connectivity index (χ4v) is 4.96. The van der Waals surface area contributed by atoms with E-state index in [2.05, 4.69) is 10.00 Å². The number of nitrogens with one attached hydrogen (secondary N) is 1. The first-order chi connectivity index (χ1) is 13.5. The minimum Gasteiger partial charge on any atom is -0.481 e. The van der Waals surface area contributed by atoms with Gasteiger partial charge >= 0.3 is 5.97 Å². The van der Waals surface area contributed by atoms with E-state index in [1.54, 1.807) is 24.3 Å². The van der Waals surface area contributed by atoms with Crippen LogP contribution in [0, 0.1) is 6.92 Å². The fraction of sp³-hybridized carbons (Fsp3) is 0.381. The van der Waals surface area contributed by atoms with Crippen molar-refractivity contribution in [3.8, 4) is 0 Å². The number of nitrogens with zero attached hydrogens (tertiary/aromatic N) is 2. The Morgan fingerprint density at radius 1 is 1.21 bits per heavy atom. The van der Waals surface area contributed by atoms with E-state index in [9.17, 15) is 9.59 Å². The molecule has 1 aliphatic carbocycles. The second-order valence-corrected chi connectivity index (χ2v) is 8.40. The molecule has 1 saturated carbocycles. The molecule has 28 heavy (non-hydrogen) atoms. The van der Waals surface area contributed by atoms with Crippen LogP contribution in [0.4, 0.5) is 5.69 Å². The van der Waals surface area contributed by atoms with Crippen LogP contribution in [0.1, 0.15) is 59.1 Å². The van der Waals surface area contributed by atoms with Crippen molar-refractivity contribution < 1.29 is 14.7 Å². The van der Waals surface area contributed by atoms with Crippen molar-refractivity contribution in [2.45, 2.75) is 51.5 Å². The third kappa shape index (κ3) is 3.80. The highest BCUT2D eigenvalue weighted by atomic mass is 32.1. The molecule has 7 heteroatoms. The van der Waals surface area contributed by atoms with Crippen LogP contribution in [-0.2, 0) is 11.2 Å². The molecule has 2 N–H and O–H groups in total. The van der Waals surface area contributed by atoms with Crippen molar-refractivity contribution in [3.05, 3.63) is 46.5 Å². The number of carbonyl (C=O) groups excluding carboxylic acids is 1. The Labute approximate surface area is 167 Å². The molecule has 0 aliphatic heterocycles. The molecule has 1 aliphatic rings. The highest BCUT2D eigenvalue weighted by molar-refractivity contribution is 7.20. The minimum absolute atomic E-state index is 0.0263. The molecule has 0 saturated heterocycles. The summed E-state index contributed by atoms with van der Waals surface area (Å²) in [7, 11) is 0.